The molecule has 1 aliphatic rings. The van der Waals surface area contributed by atoms with Crippen LogP contribution in [0.4, 0.5) is 0 Å². The second-order valence-corrected chi connectivity index (χ2v) is 7.29. The van der Waals surface area contributed by atoms with Gasteiger partial charge >= 0.3 is 0 Å². The Bertz CT molecular complexity index is 744. The molecule has 0 fully saturated rings. The van der Waals surface area contributed by atoms with Crippen molar-refractivity contribution in [2.45, 2.75) is 59.9 Å². The van der Waals surface area contributed by atoms with Gasteiger partial charge in [0.2, 0.25) is 0 Å². The summed E-state index contributed by atoms with van der Waals surface area (Å²) in [5.41, 5.74) is 5.50. The zero-order valence-electron chi connectivity index (χ0n) is 15.4. The Morgan fingerprint density at radius 1 is 1.17 bits per heavy atom. The third-order valence-corrected chi connectivity index (χ3v) is 4.84. The normalized spacial score (nSPS) is 20.8. The van der Waals surface area contributed by atoms with E-state index in [1.807, 2.05) is 13.1 Å². The van der Waals surface area contributed by atoms with Gasteiger partial charge in [0.05, 0.1) is 28.9 Å². The van der Waals surface area contributed by atoms with Gasteiger partial charge in [-0.25, -0.2) is 0 Å². The van der Waals surface area contributed by atoms with Gasteiger partial charge in [-0.1, -0.05) is 34.6 Å². The SMILES string of the molecule is Cc1c(C2CC(C)C(C#N)=C(C(C)C)N2)cnc(C(C)C)c1C#N. The minimum absolute atomic E-state index is 0.0929. The summed E-state index contributed by atoms with van der Waals surface area (Å²) in [5, 5.41) is 22.6. The fourth-order valence-corrected chi connectivity index (χ4v) is 3.48. The van der Waals surface area contributed by atoms with Crippen molar-refractivity contribution in [2.75, 3.05) is 0 Å². The first-order valence-corrected chi connectivity index (χ1v) is 8.61. The minimum atomic E-state index is 0.0929. The lowest BCUT2D eigenvalue weighted by molar-refractivity contribution is 0.412. The fourth-order valence-electron chi connectivity index (χ4n) is 3.48. The van der Waals surface area contributed by atoms with Crippen molar-refractivity contribution in [1.82, 2.24) is 10.3 Å². The molecule has 0 amide bonds. The molecule has 0 saturated carbocycles. The van der Waals surface area contributed by atoms with Gasteiger partial charge in [-0.05, 0) is 42.2 Å². The molecular weight excluding hydrogens is 296 g/mol. The van der Waals surface area contributed by atoms with Gasteiger partial charge in [-0.2, -0.15) is 10.5 Å². The largest absolute Gasteiger partial charge is 0.380 e. The first-order chi connectivity index (χ1) is 11.3. The van der Waals surface area contributed by atoms with E-state index in [2.05, 4.69) is 57.1 Å². The lowest BCUT2D eigenvalue weighted by Gasteiger charge is -2.34. The Hall–Kier alpha value is -2.33. The molecule has 2 heterocycles. The Kier molecular flexibility index (Phi) is 5.30. The maximum absolute atomic E-state index is 9.58. The molecule has 4 nitrogen and oxygen atoms in total. The summed E-state index contributed by atoms with van der Waals surface area (Å²) in [6.07, 6.45) is 2.75. The molecule has 2 atom stereocenters. The standard InChI is InChI=1S/C20H26N4/c1-11(2)19-16(9-22)14(6)17(10-23-19)18-7-13(5)15(8-21)20(24-18)12(3)4/h10-13,18,24H,7H2,1-6H3. The Morgan fingerprint density at radius 2 is 1.83 bits per heavy atom. The highest BCUT2D eigenvalue weighted by Crippen LogP contribution is 2.37. The summed E-state index contributed by atoms with van der Waals surface area (Å²) in [5.74, 6) is 0.693. The third kappa shape index (κ3) is 3.15. The van der Waals surface area contributed by atoms with Crippen LogP contribution in [0.3, 0.4) is 0 Å². The van der Waals surface area contributed by atoms with Crippen molar-refractivity contribution >= 4 is 0 Å². The van der Waals surface area contributed by atoms with Crippen molar-refractivity contribution in [3.63, 3.8) is 0 Å². The second-order valence-electron chi connectivity index (χ2n) is 7.29. The first kappa shape index (κ1) is 18.0. The zero-order chi connectivity index (χ0) is 18.0. The number of hydrogen-bond donors (Lipinski definition) is 1. The van der Waals surface area contributed by atoms with E-state index in [9.17, 15) is 10.5 Å². The Labute approximate surface area is 145 Å². The predicted octanol–water partition coefficient (Wildman–Crippen LogP) is 4.49. The molecule has 1 aromatic heterocycles. The van der Waals surface area contributed by atoms with Crippen LogP contribution in [0.5, 0.6) is 0 Å². The number of hydrogen-bond acceptors (Lipinski definition) is 4. The van der Waals surface area contributed by atoms with Gasteiger partial charge in [0.1, 0.15) is 6.07 Å². The van der Waals surface area contributed by atoms with E-state index in [1.54, 1.807) is 0 Å². The van der Waals surface area contributed by atoms with Crippen LogP contribution in [0, 0.1) is 41.4 Å². The number of aromatic nitrogens is 1. The molecule has 0 aromatic carbocycles. The highest BCUT2D eigenvalue weighted by Gasteiger charge is 2.30. The van der Waals surface area contributed by atoms with E-state index < -0.39 is 0 Å². The number of nitrogens with zero attached hydrogens (tertiary/aromatic N) is 3. The van der Waals surface area contributed by atoms with Crippen molar-refractivity contribution in [2.24, 2.45) is 11.8 Å². The van der Waals surface area contributed by atoms with Crippen LogP contribution in [0.25, 0.3) is 0 Å². The highest BCUT2D eigenvalue weighted by atomic mass is 15.0. The molecule has 1 N–H and O–H groups in total. The van der Waals surface area contributed by atoms with Crippen LogP contribution in [-0.4, -0.2) is 4.98 Å². The monoisotopic (exact) mass is 322 g/mol. The molecular formula is C20H26N4. The van der Waals surface area contributed by atoms with Crippen LogP contribution < -0.4 is 5.32 Å². The van der Waals surface area contributed by atoms with Crippen LogP contribution >= 0.6 is 0 Å². The van der Waals surface area contributed by atoms with E-state index in [4.69, 9.17) is 0 Å². The van der Waals surface area contributed by atoms with Crippen molar-refractivity contribution in [3.8, 4) is 12.1 Å². The number of nitriles is 2. The second kappa shape index (κ2) is 7.05. The summed E-state index contributed by atoms with van der Waals surface area (Å²) in [7, 11) is 0. The lowest BCUT2D eigenvalue weighted by atomic mass is 9.82. The first-order valence-electron chi connectivity index (χ1n) is 8.61. The summed E-state index contributed by atoms with van der Waals surface area (Å²) in [4.78, 5) is 4.58. The maximum atomic E-state index is 9.58. The number of nitrogens with one attached hydrogen (secondary N) is 1. The van der Waals surface area contributed by atoms with E-state index in [0.717, 1.165) is 34.5 Å². The summed E-state index contributed by atoms with van der Waals surface area (Å²) >= 11 is 0. The molecule has 1 aliphatic heterocycles. The molecule has 0 saturated heterocycles. The molecule has 4 heteroatoms. The topological polar surface area (TPSA) is 72.5 Å². The smallest absolute Gasteiger partial charge is 0.101 e. The molecule has 0 spiro atoms. The average Bonchev–Trinajstić information content (AvgIpc) is 2.53. The van der Waals surface area contributed by atoms with Crippen molar-refractivity contribution in [1.29, 1.82) is 10.5 Å². The third-order valence-electron chi connectivity index (χ3n) is 4.84. The van der Waals surface area contributed by atoms with E-state index in [0.29, 0.717) is 5.56 Å². The molecule has 0 bridgehead atoms. The van der Waals surface area contributed by atoms with Crippen LogP contribution in [0.15, 0.2) is 17.5 Å². The summed E-state index contributed by atoms with van der Waals surface area (Å²) in [6, 6.07) is 4.80. The van der Waals surface area contributed by atoms with E-state index in [1.165, 1.54) is 0 Å². The highest BCUT2D eigenvalue weighted by molar-refractivity contribution is 5.47. The van der Waals surface area contributed by atoms with E-state index >= 15 is 0 Å². The minimum Gasteiger partial charge on any atom is -0.380 e. The van der Waals surface area contributed by atoms with E-state index in [-0.39, 0.29) is 23.8 Å². The van der Waals surface area contributed by atoms with Crippen molar-refractivity contribution < 1.29 is 0 Å². The zero-order valence-corrected chi connectivity index (χ0v) is 15.4. The van der Waals surface area contributed by atoms with Gasteiger partial charge in [-0.15, -0.1) is 0 Å². The predicted molar refractivity (Wildman–Crippen MR) is 94.9 cm³/mol. The van der Waals surface area contributed by atoms with Crippen molar-refractivity contribution in [3.05, 3.63) is 39.9 Å². The molecule has 2 rings (SSSR count). The quantitative estimate of drug-likeness (QED) is 0.890. The number of allylic oxidation sites excluding steroid dienone is 2. The van der Waals surface area contributed by atoms with Gasteiger partial charge in [0.25, 0.3) is 0 Å². The van der Waals surface area contributed by atoms with Gasteiger partial charge < -0.3 is 5.32 Å². The molecule has 1 aromatic rings. The molecule has 126 valence electrons. The Balaban J connectivity index is 2.50. The molecule has 0 aliphatic carbocycles. The molecule has 0 radical (unpaired) electrons. The van der Waals surface area contributed by atoms with Gasteiger partial charge in [0, 0.05) is 11.9 Å². The fraction of sp³-hybridized carbons (Fsp3) is 0.550. The molecule has 24 heavy (non-hydrogen) atoms. The number of pyridine rings is 1. The van der Waals surface area contributed by atoms with Gasteiger partial charge in [0.15, 0.2) is 0 Å². The molecule has 2 unspecified atom stereocenters. The Morgan fingerprint density at radius 3 is 2.33 bits per heavy atom. The van der Waals surface area contributed by atoms with Crippen LogP contribution in [-0.2, 0) is 0 Å². The number of rotatable bonds is 3. The van der Waals surface area contributed by atoms with Crippen LogP contribution in [0.2, 0.25) is 0 Å². The van der Waals surface area contributed by atoms with Crippen LogP contribution in [0.1, 0.15) is 75.4 Å². The van der Waals surface area contributed by atoms with Gasteiger partial charge in [-0.3, -0.25) is 4.98 Å². The average molecular weight is 322 g/mol. The summed E-state index contributed by atoms with van der Waals surface area (Å²) < 4.78 is 0. The maximum Gasteiger partial charge on any atom is 0.101 e. The summed E-state index contributed by atoms with van der Waals surface area (Å²) in [6.45, 7) is 12.4. The lowest BCUT2D eigenvalue weighted by Crippen LogP contribution is -2.33.